The van der Waals surface area contributed by atoms with E-state index in [1.54, 1.807) is 6.92 Å². The van der Waals surface area contributed by atoms with E-state index < -0.39 is 5.78 Å². The van der Waals surface area contributed by atoms with Crippen LogP contribution in [0.5, 0.6) is 0 Å². The van der Waals surface area contributed by atoms with Gasteiger partial charge >= 0.3 is 11.9 Å². The lowest BCUT2D eigenvalue weighted by atomic mass is 10.00. The Morgan fingerprint density at radius 3 is 1.91 bits per heavy atom. The van der Waals surface area contributed by atoms with Crippen molar-refractivity contribution in [1.29, 1.82) is 0 Å². The molecule has 0 saturated heterocycles. The van der Waals surface area contributed by atoms with Gasteiger partial charge in [0.2, 0.25) is 11.6 Å². The highest BCUT2D eigenvalue weighted by molar-refractivity contribution is 6.21. The van der Waals surface area contributed by atoms with Crippen LogP contribution in [0.3, 0.4) is 0 Å². The minimum atomic E-state index is -0.394. The lowest BCUT2D eigenvalue weighted by Crippen LogP contribution is -2.29. The molecule has 1 aliphatic carbocycles. The summed E-state index contributed by atoms with van der Waals surface area (Å²) in [5, 5.41) is 2.94. The van der Waals surface area contributed by atoms with Gasteiger partial charge in [-0.1, -0.05) is 52.4 Å². The smallest absolute Gasteiger partial charge is 0.305 e. The molecule has 8 nitrogen and oxygen atoms in total. The summed E-state index contributed by atoms with van der Waals surface area (Å²) in [5.41, 5.74) is 0.421. The second-order valence-corrected chi connectivity index (χ2v) is 8.75. The van der Waals surface area contributed by atoms with Crippen molar-refractivity contribution in [1.82, 2.24) is 5.32 Å². The third-order valence-electron chi connectivity index (χ3n) is 5.59. The van der Waals surface area contributed by atoms with Crippen molar-refractivity contribution in [3.8, 4) is 0 Å². The molecule has 0 aliphatic heterocycles. The van der Waals surface area contributed by atoms with Crippen LogP contribution in [0.2, 0.25) is 0 Å². The number of hydrogen-bond donors (Lipinski definition) is 1. The maximum Gasteiger partial charge on any atom is 0.305 e. The highest BCUT2D eigenvalue weighted by atomic mass is 16.5. The van der Waals surface area contributed by atoms with Crippen LogP contribution in [0.4, 0.5) is 0 Å². The van der Waals surface area contributed by atoms with Crippen LogP contribution < -0.4 is 5.32 Å². The van der Waals surface area contributed by atoms with Gasteiger partial charge in [-0.15, -0.1) is 0 Å². The molecule has 1 N–H and O–H groups in total. The number of carbonyl (C=O) groups is 4. The van der Waals surface area contributed by atoms with Gasteiger partial charge in [0.25, 0.3) is 0 Å². The zero-order valence-electron chi connectivity index (χ0n) is 21.7. The van der Waals surface area contributed by atoms with Crippen LogP contribution >= 0.6 is 0 Å². The van der Waals surface area contributed by atoms with Crippen LogP contribution in [0.25, 0.3) is 0 Å². The molecule has 0 aromatic rings. The van der Waals surface area contributed by atoms with Gasteiger partial charge in [-0.3, -0.25) is 19.2 Å². The summed E-state index contributed by atoms with van der Waals surface area (Å²) in [6, 6.07) is 0. The number of unbranched alkanes of at least 4 members (excludes halogenated alkanes) is 6. The summed E-state index contributed by atoms with van der Waals surface area (Å²) in [6.07, 6.45) is 10.9. The Kier molecular flexibility index (Phi) is 16.2. The number of rotatable bonds is 20. The van der Waals surface area contributed by atoms with Crippen LogP contribution in [-0.2, 0) is 33.4 Å². The molecule has 1 aliphatic rings. The minimum Gasteiger partial charge on any atom is -0.489 e. The van der Waals surface area contributed by atoms with Crippen LogP contribution in [0, 0.1) is 0 Å². The van der Waals surface area contributed by atoms with E-state index in [1.807, 2.05) is 0 Å². The fraction of sp³-hybridized carbons (Fsp3) is 0.704. The highest BCUT2D eigenvalue weighted by Gasteiger charge is 2.27. The number of ketones is 2. The van der Waals surface area contributed by atoms with Crippen molar-refractivity contribution in [2.24, 2.45) is 0 Å². The van der Waals surface area contributed by atoms with E-state index in [0.717, 1.165) is 51.4 Å². The second-order valence-electron chi connectivity index (χ2n) is 8.75. The molecule has 0 aromatic heterocycles. The summed E-state index contributed by atoms with van der Waals surface area (Å²) < 4.78 is 15.9. The Labute approximate surface area is 209 Å². The molecule has 0 fully saturated rings. The van der Waals surface area contributed by atoms with Gasteiger partial charge in [-0.05, 0) is 32.6 Å². The fourth-order valence-electron chi connectivity index (χ4n) is 3.48. The molecule has 0 amide bonds. The Morgan fingerprint density at radius 1 is 0.771 bits per heavy atom. The monoisotopic (exact) mass is 493 g/mol. The zero-order chi connectivity index (χ0) is 25.9. The van der Waals surface area contributed by atoms with E-state index in [9.17, 15) is 19.2 Å². The highest BCUT2D eigenvalue weighted by Crippen LogP contribution is 2.19. The summed E-state index contributed by atoms with van der Waals surface area (Å²) >= 11 is 0. The molecule has 0 heterocycles. The predicted molar refractivity (Wildman–Crippen MR) is 133 cm³/mol. The Bertz CT molecular complexity index is 755. The van der Waals surface area contributed by atoms with Crippen molar-refractivity contribution in [2.45, 2.75) is 97.8 Å². The molecule has 1 rings (SSSR count). The van der Waals surface area contributed by atoms with E-state index in [4.69, 9.17) is 14.2 Å². The molecule has 0 radical (unpaired) electrons. The quantitative estimate of drug-likeness (QED) is 0.148. The summed E-state index contributed by atoms with van der Waals surface area (Å²) in [6.45, 7) is 7.19. The number of Topliss-reactive ketones (excluding diaryl/α,β-unsaturated/α-hetero) is 1. The van der Waals surface area contributed by atoms with Gasteiger partial charge in [0.15, 0.2) is 5.76 Å². The molecule has 0 bridgehead atoms. The first-order valence-electron chi connectivity index (χ1n) is 13.1. The van der Waals surface area contributed by atoms with Crippen molar-refractivity contribution >= 4 is 23.5 Å². The Balaban J connectivity index is 2.27. The average Bonchev–Trinajstić information content (AvgIpc) is 2.84. The molecule has 0 spiro atoms. The molecular formula is C27H43NO7. The molecule has 8 heteroatoms. The van der Waals surface area contributed by atoms with E-state index >= 15 is 0 Å². The van der Waals surface area contributed by atoms with Gasteiger partial charge in [0.1, 0.15) is 0 Å². The molecule has 198 valence electrons. The summed E-state index contributed by atoms with van der Waals surface area (Å²) in [7, 11) is 0. The van der Waals surface area contributed by atoms with Crippen molar-refractivity contribution in [2.75, 3.05) is 26.4 Å². The first-order valence-corrected chi connectivity index (χ1v) is 13.1. The third-order valence-corrected chi connectivity index (χ3v) is 5.59. The van der Waals surface area contributed by atoms with Crippen LogP contribution in [0.15, 0.2) is 23.1 Å². The van der Waals surface area contributed by atoms with Crippen molar-refractivity contribution < 1.29 is 33.4 Å². The molecule has 0 aromatic carbocycles. The maximum absolute atomic E-state index is 12.6. The summed E-state index contributed by atoms with van der Waals surface area (Å²) in [5.74, 6) is -1.23. The van der Waals surface area contributed by atoms with Gasteiger partial charge in [-0.2, -0.15) is 0 Å². The Hall–Kier alpha value is -2.64. The number of hydrogen-bond acceptors (Lipinski definition) is 8. The Morgan fingerprint density at radius 2 is 1.34 bits per heavy atom. The minimum absolute atomic E-state index is 0.0140. The van der Waals surface area contributed by atoms with Gasteiger partial charge < -0.3 is 19.5 Å². The molecule has 35 heavy (non-hydrogen) atoms. The topological polar surface area (TPSA) is 108 Å². The first-order chi connectivity index (χ1) is 16.9. The van der Waals surface area contributed by atoms with E-state index in [-0.39, 0.29) is 54.2 Å². The number of esters is 2. The largest absolute Gasteiger partial charge is 0.489 e. The summed E-state index contributed by atoms with van der Waals surface area (Å²) in [4.78, 5) is 48.5. The molecular weight excluding hydrogens is 450 g/mol. The van der Waals surface area contributed by atoms with E-state index in [2.05, 4.69) is 19.2 Å². The lowest BCUT2D eigenvalue weighted by molar-refractivity contribution is -0.144. The standard InChI is InChI=1S/C27H43NO7/c1-4-6-8-10-17-33-24(30)14-12-16-28-22-20-23(29)27(21(3)26(22)32)35-19-13-15-25(31)34-18-11-9-7-5-2/h20,28H,4-19H2,1-3H3. The van der Waals surface area contributed by atoms with Gasteiger partial charge in [0, 0.05) is 31.0 Å². The van der Waals surface area contributed by atoms with E-state index in [1.165, 1.54) is 6.08 Å². The van der Waals surface area contributed by atoms with Gasteiger partial charge in [-0.25, -0.2) is 0 Å². The third kappa shape index (κ3) is 13.1. The number of ether oxygens (including phenoxy) is 3. The lowest BCUT2D eigenvalue weighted by Gasteiger charge is -2.18. The fourth-order valence-corrected chi connectivity index (χ4v) is 3.48. The van der Waals surface area contributed by atoms with Crippen LogP contribution in [-0.4, -0.2) is 49.9 Å². The van der Waals surface area contributed by atoms with Gasteiger partial charge in [0.05, 0.1) is 25.5 Å². The average molecular weight is 494 g/mol. The normalized spacial score (nSPS) is 13.5. The molecule has 0 unspecified atom stereocenters. The molecule has 0 atom stereocenters. The maximum atomic E-state index is 12.6. The second kappa shape index (κ2) is 18.7. The SMILES string of the molecule is CCCCCCOC(=O)CCCNC1=CC(=O)C(OCCCC(=O)OCCCCCC)=C(C)C1=O. The van der Waals surface area contributed by atoms with Crippen LogP contribution in [0.1, 0.15) is 97.8 Å². The number of allylic oxidation sites excluding steroid dienone is 2. The number of carbonyl (C=O) groups excluding carboxylic acids is 4. The predicted octanol–water partition coefficient (Wildman–Crippen LogP) is 4.71. The van der Waals surface area contributed by atoms with Crippen molar-refractivity contribution in [3.05, 3.63) is 23.1 Å². The first kappa shape index (κ1) is 30.4. The molecule has 0 saturated carbocycles. The zero-order valence-corrected chi connectivity index (χ0v) is 21.7. The van der Waals surface area contributed by atoms with Crippen molar-refractivity contribution in [3.63, 3.8) is 0 Å². The van der Waals surface area contributed by atoms with E-state index in [0.29, 0.717) is 32.6 Å². The number of nitrogens with one attached hydrogen (secondary N) is 1.